The summed E-state index contributed by atoms with van der Waals surface area (Å²) in [6.07, 6.45) is 7.34. The molecule has 3 aliphatic heterocycles. The van der Waals surface area contributed by atoms with Gasteiger partial charge >= 0.3 is 0 Å². The van der Waals surface area contributed by atoms with Crippen LogP contribution in [0.25, 0.3) is 11.1 Å². The molecule has 6 amide bonds. The smallest absolute Gasteiger partial charge is 0.264 e. The lowest BCUT2D eigenvalue weighted by molar-refractivity contribution is -0.136. The molecule has 3 aromatic carbocycles. The first-order valence-corrected chi connectivity index (χ1v) is 23.5. The maximum absolute atomic E-state index is 13.3. The fraction of sp³-hybridized carbons (Fsp3) is 0.327. The Hall–Kier alpha value is -8.07. The Balaban J connectivity index is 0.712. The number of nitrogens with one attached hydrogen (secondary N) is 5. The maximum atomic E-state index is 13.3. The highest BCUT2D eigenvalue weighted by molar-refractivity contribution is 6.25. The second-order valence-electron chi connectivity index (χ2n) is 17.7. The van der Waals surface area contributed by atoms with E-state index in [1.807, 2.05) is 51.4 Å². The number of piperidine rings is 1. The Morgan fingerprint density at radius 2 is 1.61 bits per heavy atom. The van der Waals surface area contributed by atoms with Crippen LogP contribution in [-0.2, 0) is 39.0 Å². The van der Waals surface area contributed by atoms with Gasteiger partial charge < -0.3 is 49.9 Å². The van der Waals surface area contributed by atoms with E-state index in [4.69, 9.17) is 23.9 Å². The van der Waals surface area contributed by atoms with Gasteiger partial charge in [0.2, 0.25) is 17.7 Å². The van der Waals surface area contributed by atoms with Gasteiger partial charge in [0.1, 0.15) is 36.1 Å². The number of amides is 6. The lowest BCUT2D eigenvalue weighted by Gasteiger charge is -2.35. The van der Waals surface area contributed by atoms with Crippen molar-refractivity contribution in [3.05, 3.63) is 114 Å². The van der Waals surface area contributed by atoms with Crippen molar-refractivity contribution in [2.75, 3.05) is 85.9 Å². The number of carbonyl (C=O) groups is 7. The molecule has 20 heteroatoms. The molecule has 1 atom stereocenters. The second-order valence-corrected chi connectivity index (χ2v) is 17.7. The van der Waals surface area contributed by atoms with Crippen LogP contribution in [0.1, 0.15) is 76.2 Å². The molecule has 374 valence electrons. The lowest BCUT2D eigenvalue weighted by Crippen LogP contribution is -2.54. The highest BCUT2D eigenvalue weighted by atomic mass is 16.5. The molecule has 0 aliphatic carbocycles. The van der Waals surface area contributed by atoms with Crippen LogP contribution in [-0.4, -0.2) is 122 Å². The van der Waals surface area contributed by atoms with Gasteiger partial charge in [-0.05, 0) is 87.4 Å². The first-order valence-electron chi connectivity index (χ1n) is 23.5. The minimum Gasteiger partial charge on any atom is -0.482 e. The lowest BCUT2D eigenvalue weighted by atomic mass is 9.87. The van der Waals surface area contributed by atoms with Gasteiger partial charge in [-0.15, -0.1) is 0 Å². The molecule has 20 nitrogen and oxygen atoms in total. The summed E-state index contributed by atoms with van der Waals surface area (Å²) in [5.74, 6) is -1.69. The Labute approximate surface area is 415 Å². The van der Waals surface area contributed by atoms with Crippen molar-refractivity contribution >= 4 is 76.0 Å². The summed E-state index contributed by atoms with van der Waals surface area (Å²) in [5.41, 5.74) is 5.91. The molecule has 0 radical (unpaired) electrons. The number of benzene rings is 3. The first kappa shape index (κ1) is 50.3. The number of imide groups is 2. The molecule has 3 aliphatic rings. The van der Waals surface area contributed by atoms with Crippen molar-refractivity contribution in [2.24, 2.45) is 0 Å². The van der Waals surface area contributed by atoms with Crippen LogP contribution in [0.4, 0.5) is 34.3 Å². The highest BCUT2D eigenvalue weighted by Gasteiger charge is 2.45. The molecule has 1 saturated heterocycles. The summed E-state index contributed by atoms with van der Waals surface area (Å²) in [6, 6.07) is 20.0. The average Bonchev–Trinajstić information content (AvgIpc) is 3.61. The van der Waals surface area contributed by atoms with Crippen molar-refractivity contribution in [3.8, 4) is 16.9 Å². The zero-order valence-corrected chi connectivity index (χ0v) is 40.1. The number of ether oxygens (including phenoxy) is 4. The normalized spacial score (nSPS) is 15.4. The quantitative estimate of drug-likeness (QED) is 0.0300. The summed E-state index contributed by atoms with van der Waals surface area (Å²) in [5, 5.41) is 14.2. The Kier molecular flexibility index (Phi) is 15.9. The van der Waals surface area contributed by atoms with Gasteiger partial charge in [-0.2, -0.15) is 0 Å². The molecule has 5 aromatic rings. The molecule has 72 heavy (non-hydrogen) atoms. The Bertz CT molecular complexity index is 2870. The Morgan fingerprint density at radius 1 is 0.847 bits per heavy atom. The minimum absolute atomic E-state index is 0.0396. The van der Waals surface area contributed by atoms with Gasteiger partial charge in [-0.3, -0.25) is 44.0 Å². The monoisotopic (exact) mass is 981 g/mol. The number of nitrogens with zero attached hydrogens (tertiary/aromatic N) is 4. The summed E-state index contributed by atoms with van der Waals surface area (Å²) in [6.45, 7) is 6.10. The third-order valence-corrected chi connectivity index (χ3v) is 12.1. The number of fused-ring (bicyclic) bond motifs is 4. The van der Waals surface area contributed by atoms with E-state index in [0.717, 1.165) is 52.3 Å². The molecule has 1 fully saturated rings. The van der Waals surface area contributed by atoms with E-state index in [0.29, 0.717) is 47.1 Å². The van der Waals surface area contributed by atoms with Crippen LogP contribution >= 0.6 is 0 Å². The summed E-state index contributed by atoms with van der Waals surface area (Å²) in [4.78, 5) is 98.8. The fourth-order valence-electron chi connectivity index (χ4n) is 8.52. The Morgan fingerprint density at radius 3 is 2.39 bits per heavy atom. The molecule has 2 aromatic heterocycles. The predicted molar refractivity (Wildman–Crippen MR) is 266 cm³/mol. The number of hydrogen-bond donors (Lipinski definition) is 5. The fourth-order valence-corrected chi connectivity index (χ4v) is 8.52. The molecular weight excluding hydrogens is 927 g/mol. The van der Waals surface area contributed by atoms with E-state index >= 15 is 0 Å². The zero-order chi connectivity index (χ0) is 50.8. The number of hydrogen-bond acceptors (Lipinski definition) is 16. The number of aldehydes is 1. The van der Waals surface area contributed by atoms with Gasteiger partial charge in [0.05, 0.1) is 67.9 Å². The first-order chi connectivity index (χ1) is 34.8. The molecule has 1 unspecified atom stereocenters. The van der Waals surface area contributed by atoms with Gasteiger partial charge in [-0.1, -0.05) is 6.07 Å². The largest absolute Gasteiger partial charge is 0.482 e. The number of pyridine rings is 2. The number of carbonyl (C=O) groups excluding carboxylic acids is 7. The number of aromatic nitrogens is 2. The van der Waals surface area contributed by atoms with Crippen molar-refractivity contribution in [1.29, 1.82) is 0 Å². The minimum atomic E-state index is -1.05. The van der Waals surface area contributed by atoms with Gasteiger partial charge in [-0.25, -0.2) is 4.98 Å². The van der Waals surface area contributed by atoms with E-state index in [2.05, 4.69) is 36.5 Å². The zero-order valence-electron chi connectivity index (χ0n) is 40.1. The number of unbranched alkanes of at least 4 members (excludes halogenated alkanes) is 1. The van der Waals surface area contributed by atoms with Crippen molar-refractivity contribution in [1.82, 2.24) is 20.2 Å². The molecule has 0 spiro atoms. The van der Waals surface area contributed by atoms with Crippen LogP contribution < -0.4 is 36.2 Å². The van der Waals surface area contributed by atoms with Crippen molar-refractivity contribution in [2.45, 2.75) is 51.2 Å². The van der Waals surface area contributed by atoms with E-state index < -0.39 is 35.3 Å². The average molecular weight is 982 g/mol. The summed E-state index contributed by atoms with van der Waals surface area (Å²) < 4.78 is 23.1. The topological polar surface area (TPSA) is 249 Å². The molecule has 8 rings (SSSR count). The van der Waals surface area contributed by atoms with Crippen molar-refractivity contribution in [3.63, 3.8) is 0 Å². The predicted octanol–water partition coefficient (Wildman–Crippen LogP) is 5.68. The summed E-state index contributed by atoms with van der Waals surface area (Å²) >= 11 is 0. The second kappa shape index (κ2) is 22.8. The van der Waals surface area contributed by atoms with E-state index in [9.17, 15) is 33.6 Å². The molecular formula is C52H55N9O11. The van der Waals surface area contributed by atoms with E-state index in [-0.39, 0.29) is 75.4 Å². The van der Waals surface area contributed by atoms with Crippen molar-refractivity contribution < 1.29 is 52.5 Å². The van der Waals surface area contributed by atoms with Crippen LogP contribution in [0.5, 0.6) is 5.75 Å². The SMILES string of the molecule is CN(CCCC=O)c1ccc2c(c1)OC(C)(C)c1cc(Nc3cncc(NC(=O)c4ccc(NC(=O)COCCOCCOCCNc5cccc6c5C(=O)N(C5CCC(=O)NC5=O)C6=O)cc4)c3)ncc1-2. The molecule has 5 heterocycles. The van der Waals surface area contributed by atoms with Gasteiger partial charge in [0, 0.05) is 84.6 Å². The summed E-state index contributed by atoms with van der Waals surface area (Å²) in [7, 11) is 2.00. The van der Waals surface area contributed by atoms with E-state index in [1.54, 1.807) is 48.7 Å². The van der Waals surface area contributed by atoms with Gasteiger partial charge in [0.25, 0.3) is 17.7 Å². The molecule has 0 saturated carbocycles. The molecule has 5 N–H and O–H groups in total. The van der Waals surface area contributed by atoms with Crippen LogP contribution in [0.15, 0.2) is 91.4 Å². The van der Waals surface area contributed by atoms with Crippen LogP contribution in [0.2, 0.25) is 0 Å². The van der Waals surface area contributed by atoms with Crippen LogP contribution in [0, 0.1) is 0 Å². The van der Waals surface area contributed by atoms with E-state index in [1.165, 1.54) is 12.3 Å². The maximum Gasteiger partial charge on any atom is 0.264 e. The third kappa shape index (κ3) is 11.9. The molecule has 0 bridgehead atoms. The highest BCUT2D eigenvalue weighted by Crippen LogP contribution is 2.47. The van der Waals surface area contributed by atoms with Gasteiger partial charge in [0.15, 0.2) is 0 Å². The number of rotatable bonds is 23. The number of anilines is 6. The van der Waals surface area contributed by atoms with Crippen LogP contribution in [0.3, 0.4) is 0 Å². The standard InChI is InChI=1S/C52H55N9O11/c1-52(2)40-27-44(55-30-39(40)37-14-13-36(26-43(37)72-52)60(3)18-4-5-19-62)56-34-25-35(29-53-28-34)58-48(65)32-9-11-33(12-10-32)57-46(64)31-71-24-23-70-22-21-69-20-17-54-41-8-6-7-38-47(41)51(68)61(50(38)67)42-15-16-45(63)59-49(42)66/h6-14,19,25-30,42,54H,4-5,15-18,20-24,31H2,1-3H3,(H,55,56)(H,57,64)(H,58,65)(H,59,63,66). The third-order valence-electron chi connectivity index (χ3n) is 12.1.